The molecule has 0 amide bonds. The fourth-order valence-electron chi connectivity index (χ4n) is 1.51. The molecule has 6 heteroatoms. The van der Waals surface area contributed by atoms with Crippen molar-refractivity contribution in [1.29, 1.82) is 0 Å². The van der Waals surface area contributed by atoms with Gasteiger partial charge in [-0.3, -0.25) is 4.79 Å². The van der Waals surface area contributed by atoms with E-state index in [-0.39, 0.29) is 17.1 Å². The van der Waals surface area contributed by atoms with Crippen molar-refractivity contribution >= 4 is 11.8 Å². The van der Waals surface area contributed by atoms with Crippen LogP contribution in [0.3, 0.4) is 0 Å². The molecule has 0 radical (unpaired) electrons. The van der Waals surface area contributed by atoms with Crippen LogP contribution in [0.1, 0.15) is 10.4 Å². The molecule has 0 saturated heterocycles. The Kier molecular flexibility index (Phi) is 5.42. The zero-order valence-corrected chi connectivity index (χ0v) is 11.6. The number of esters is 1. The van der Waals surface area contributed by atoms with Gasteiger partial charge in [-0.05, 0) is 18.1 Å². The second-order valence-corrected chi connectivity index (χ2v) is 3.45. The van der Waals surface area contributed by atoms with Gasteiger partial charge in [0.25, 0.3) is 0 Å². The monoisotopic (exact) mass is 278 g/mol. The Labute approximate surface area is 116 Å². The van der Waals surface area contributed by atoms with Crippen LogP contribution in [-0.2, 0) is 9.53 Å². The largest absolute Gasteiger partial charge is 0.493 e. The minimum absolute atomic E-state index is 0.168. The van der Waals surface area contributed by atoms with E-state index < -0.39 is 11.8 Å². The summed E-state index contributed by atoms with van der Waals surface area (Å²) < 4.78 is 19.7. The van der Waals surface area contributed by atoms with E-state index in [1.807, 2.05) is 0 Å². The first-order valence-corrected chi connectivity index (χ1v) is 5.52. The summed E-state index contributed by atoms with van der Waals surface area (Å²) in [6.07, 6.45) is 0. The first-order valence-electron chi connectivity index (χ1n) is 5.52. The Morgan fingerprint density at radius 1 is 0.900 bits per heavy atom. The molecule has 0 spiro atoms. The van der Waals surface area contributed by atoms with Crippen LogP contribution in [0.15, 0.2) is 12.1 Å². The molecule has 0 bridgehead atoms. The van der Waals surface area contributed by atoms with Crippen molar-refractivity contribution in [2.75, 3.05) is 28.4 Å². The van der Waals surface area contributed by atoms with E-state index in [1.54, 1.807) is 6.07 Å². The molecule has 1 aromatic rings. The van der Waals surface area contributed by atoms with Crippen molar-refractivity contribution in [3.63, 3.8) is 0 Å². The molecular weight excluding hydrogens is 264 g/mol. The summed E-state index contributed by atoms with van der Waals surface area (Å²) in [6, 6.07) is 3.03. The third-order valence-electron chi connectivity index (χ3n) is 2.41. The van der Waals surface area contributed by atoms with Crippen LogP contribution in [0.25, 0.3) is 0 Å². The number of hydrogen-bond acceptors (Lipinski definition) is 6. The zero-order chi connectivity index (χ0) is 15.1. The molecule has 1 aromatic carbocycles. The number of methoxy groups -OCH3 is 4. The van der Waals surface area contributed by atoms with Crippen LogP contribution < -0.4 is 14.2 Å². The Morgan fingerprint density at radius 3 is 2.05 bits per heavy atom. The van der Waals surface area contributed by atoms with E-state index in [4.69, 9.17) is 14.2 Å². The standard InChI is InChI=1S/C14H14O6/c1-17-11-7-5-9(13(19-3)14(11)20-4)10(15)6-8-12(16)18-2/h5,7H,1-4H3. The average molecular weight is 278 g/mol. The van der Waals surface area contributed by atoms with Crippen LogP contribution in [0, 0.1) is 11.8 Å². The quantitative estimate of drug-likeness (QED) is 0.270. The van der Waals surface area contributed by atoms with Crippen LogP contribution in [-0.4, -0.2) is 40.2 Å². The first kappa shape index (κ1) is 15.4. The number of carbonyl (C=O) groups is 2. The van der Waals surface area contributed by atoms with Gasteiger partial charge in [0.2, 0.25) is 11.5 Å². The number of rotatable bonds is 4. The molecule has 0 N–H and O–H groups in total. The Bertz CT molecular complexity index is 579. The van der Waals surface area contributed by atoms with Crippen LogP contribution in [0.4, 0.5) is 0 Å². The maximum Gasteiger partial charge on any atom is 0.384 e. The summed E-state index contributed by atoms with van der Waals surface area (Å²) in [5.74, 6) is 3.74. The van der Waals surface area contributed by atoms with Crippen molar-refractivity contribution in [3.05, 3.63) is 17.7 Å². The van der Waals surface area contributed by atoms with E-state index in [0.717, 1.165) is 0 Å². The molecule has 0 aliphatic rings. The van der Waals surface area contributed by atoms with Gasteiger partial charge < -0.3 is 18.9 Å². The topological polar surface area (TPSA) is 71.1 Å². The molecule has 0 unspecified atom stereocenters. The number of Topliss-reactive ketones (excluding diaryl/α,β-unsaturated/α-hetero) is 1. The highest BCUT2D eigenvalue weighted by Gasteiger charge is 2.19. The highest BCUT2D eigenvalue weighted by molar-refractivity contribution is 6.13. The fraction of sp³-hybridized carbons (Fsp3) is 0.286. The van der Waals surface area contributed by atoms with Gasteiger partial charge >= 0.3 is 5.97 Å². The molecule has 106 valence electrons. The summed E-state index contributed by atoms with van der Waals surface area (Å²) in [7, 11) is 5.46. The maximum absolute atomic E-state index is 12.0. The molecule has 20 heavy (non-hydrogen) atoms. The fourth-order valence-corrected chi connectivity index (χ4v) is 1.51. The predicted octanol–water partition coefficient (Wildman–Crippen LogP) is 1.07. The highest BCUT2D eigenvalue weighted by atomic mass is 16.5. The molecule has 0 aliphatic heterocycles. The minimum atomic E-state index is -0.794. The third-order valence-corrected chi connectivity index (χ3v) is 2.41. The molecule has 6 nitrogen and oxygen atoms in total. The first-order chi connectivity index (χ1) is 9.58. The normalized spacial score (nSPS) is 9.00. The van der Waals surface area contributed by atoms with Gasteiger partial charge in [0.05, 0.1) is 34.0 Å². The number of ether oxygens (including phenoxy) is 4. The molecule has 0 heterocycles. The van der Waals surface area contributed by atoms with Gasteiger partial charge in [-0.2, -0.15) is 0 Å². The number of carbonyl (C=O) groups excluding carboxylic acids is 2. The van der Waals surface area contributed by atoms with Gasteiger partial charge in [0, 0.05) is 5.92 Å². The lowest BCUT2D eigenvalue weighted by Crippen LogP contribution is -2.04. The van der Waals surface area contributed by atoms with Crippen LogP contribution in [0.2, 0.25) is 0 Å². The van der Waals surface area contributed by atoms with Crippen molar-refractivity contribution in [2.24, 2.45) is 0 Å². The van der Waals surface area contributed by atoms with Crippen molar-refractivity contribution < 1.29 is 28.5 Å². The smallest absolute Gasteiger partial charge is 0.384 e. The molecule has 0 fully saturated rings. The molecule has 1 rings (SSSR count). The molecular formula is C14H14O6. The lowest BCUT2D eigenvalue weighted by Gasteiger charge is -2.13. The van der Waals surface area contributed by atoms with Gasteiger partial charge in [-0.1, -0.05) is 0 Å². The van der Waals surface area contributed by atoms with Crippen LogP contribution >= 0.6 is 0 Å². The highest BCUT2D eigenvalue weighted by Crippen LogP contribution is 2.39. The maximum atomic E-state index is 12.0. The average Bonchev–Trinajstić information content (AvgIpc) is 2.50. The molecule has 0 aromatic heterocycles. The summed E-state index contributed by atoms with van der Waals surface area (Å²) in [5.41, 5.74) is 0.168. The summed E-state index contributed by atoms with van der Waals surface area (Å²) in [5, 5.41) is 0. The number of benzene rings is 1. The summed E-state index contributed by atoms with van der Waals surface area (Å²) >= 11 is 0. The second-order valence-electron chi connectivity index (χ2n) is 3.45. The van der Waals surface area contributed by atoms with E-state index >= 15 is 0 Å². The molecule has 0 atom stereocenters. The van der Waals surface area contributed by atoms with Gasteiger partial charge in [0.15, 0.2) is 11.5 Å². The Balaban J connectivity index is 3.27. The SMILES string of the molecule is COC(=O)C#CC(=O)c1ccc(OC)c(OC)c1OC. The van der Waals surface area contributed by atoms with Crippen molar-refractivity contribution in [1.82, 2.24) is 0 Å². The number of hydrogen-bond donors (Lipinski definition) is 0. The van der Waals surface area contributed by atoms with E-state index in [0.29, 0.717) is 5.75 Å². The lowest BCUT2D eigenvalue weighted by molar-refractivity contribution is -0.133. The Hall–Kier alpha value is -2.68. The predicted molar refractivity (Wildman–Crippen MR) is 70.2 cm³/mol. The van der Waals surface area contributed by atoms with Gasteiger partial charge in [-0.15, -0.1) is 0 Å². The van der Waals surface area contributed by atoms with E-state index in [9.17, 15) is 9.59 Å². The van der Waals surface area contributed by atoms with Crippen molar-refractivity contribution in [2.45, 2.75) is 0 Å². The Morgan fingerprint density at radius 2 is 1.55 bits per heavy atom. The summed E-state index contributed by atoms with van der Waals surface area (Å²) in [6.45, 7) is 0. The molecule has 0 aliphatic carbocycles. The third kappa shape index (κ3) is 3.20. The van der Waals surface area contributed by atoms with Gasteiger partial charge in [0.1, 0.15) is 0 Å². The lowest BCUT2D eigenvalue weighted by atomic mass is 10.1. The summed E-state index contributed by atoms with van der Waals surface area (Å²) in [4.78, 5) is 22.9. The number of ketones is 1. The van der Waals surface area contributed by atoms with Crippen LogP contribution in [0.5, 0.6) is 17.2 Å². The van der Waals surface area contributed by atoms with Gasteiger partial charge in [-0.25, -0.2) is 4.79 Å². The van der Waals surface area contributed by atoms with E-state index in [1.165, 1.54) is 34.5 Å². The van der Waals surface area contributed by atoms with E-state index in [2.05, 4.69) is 16.6 Å². The minimum Gasteiger partial charge on any atom is -0.493 e. The zero-order valence-electron chi connectivity index (χ0n) is 11.6. The van der Waals surface area contributed by atoms with Crippen molar-refractivity contribution in [3.8, 4) is 29.1 Å². The molecule has 0 saturated carbocycles. The second kappa shape index (κ2) is 7.04.